The van der Waals surface area contributed by atoms with Crippen molar-refractivity contribution in [2.45, 2.75) is 89.4 Å². The minimum atomic E-state index is -0.796. The molecule has 9 heteroatoms. The molecule has 2 saturated heterocycles. The Hall–Kier alpha value is -3.88. The number of hydrogen-bond acceptors (Lipinski definition) is 5. The van der Waals surface area contributed by atoms with E-state index in [1.54, 1.807) is 29.2 Å². The van der Waals surface area contributed by atoms with Crippen LogP contribution >= 0.6 is 0 Å². The molecule has 1 aliphatic carbocycles. The Morgan fingerprint density at radius 3 is 2.33 bits per heavy atom. The van der Waals surface area contributed by atoms with E-state index in [1.807, 2.05) is 43.9 Å². The van der Waals surface area contributed by atoms with Gasteiger partial charge in [-0.3, -0.25) is 19.2 Å². The third kappa shape index (κ3) is 7.37. The molecule has 5 rings (SSSR count). The van der Waals surface area contributed by atoms with Crippen LogP contribution in [0.4, 0.5) is 0 Å². The van der Waals surface area contributed by atoms with E-state index in [1.165, 1.54) is 0 Å². The first-order valence-electron chi connectivity index (χ1n) is 15.6. The van der Waals surface area contributed by atoms with Crippen molar-refractivity contribution >= 4 is 23.6 Å². The van der Waals surface area contributed by atoms with Crippen molar-refractivity contribution < 1.29 is 23.9 Å². The molecule has 0 spiro atoms. The Morgan fingerprint density at radius 2 is 1.60 bits per heavy atom. The summed E-state index contributed by atoms with van der Waals surface area (Å²) in [7, 11) is 0. The second-order valence-corrected chi connectivity index (χ2v) is 12.8. The number of rotatable bonds is 11. The quantitative estimate of drug-likeness (QED) is 0.409. The summed E-state index contributed by atoms with van der Waals surface area (Å²) in [6.45, 7) is 6.96. The molecule has 0 bridgehead atoms. The van der Waals surface area contributed by atoms with Crippen LogP contribution in [0.3, 0.4) is 0 Å². The van der Waals surface area contributed by atoms with E-state index in [-0.39, 0.29) is 53.1 Å². The first kappa shape index (κ1) is 30.6. The van der Waals surface area contributed by atoms with Crippen LogP contribution < -0.4 is 15.4 Å². The van der Waals surface area contributed by atoms with Crippen LogP contribution in [0.5, 0.6) is 5.75 Å². The van der Waals surface area contributed by atoms with Gasteiger partial charge in [0, 0.05) is 18.6 Å². The molecule has 2 heterocycles. The number of nitrogens with one attached hydrogen (secondary N) is 2. The van der Waals surface area contributed by atoms with Crippen LogP contribution in [0, 0.1) is 5.92 Å². The normalized spacial score (nSPS) is 21.4. The monoisotopic (exact) mass is 588 g/mol. The molecule has 1 saturated carbocycles. The molecule has 4 amide bonds. The predicted octanol–water partition coefficient (Wildman–Crippen LogP) is 4.23. The predicted molar refractivity (Wildman–Crippen MR) is 163 cm³/mol. The van der Waals surface area contributed by atoms with Crippen molar-refractivity contribution in [3.8, 4) is 5.75 Å². The fourth-order valence-corrected chi connectivity index (χ4v) is 6.27. The molecule has 3 fully saturated rings. The van der Waals surface area contributed by atoms with Gasteiger partial charge in [-0.05, 0) is 75.5 Å². The van der Waals surface area contributed by atoms with Crippen LogP contribution in [0.1, 0.15) is 87.7 Å². The number of carbonyl (C=O) groups is 4. The topological polar surface area (TPSA) is 108 Å². The highest BCUT2D eigenvalue weighted by molar-refractivity contribution is 6.00. The number of hydrogen-bond donors (Lipinski definition) is 2. The van der Waals surface area contributed by atoms with Crippen molar-refractivity contribution in [3.05, 3.63) is 65.7 Å². The molecule has 0 aromatic heterocycles. The summed E-state index contributed by atoms with van der Waals surface area (Å²) in [6.07, 6.45) is 5.51. The minimum absolute atomic E-state index is 0.0103. The summed E-state index contributed by atoms with van der Waals surface area (Å²) in [5, 5.41) is 5.89. The van der Waals surface area contributed by atoms with Crippen LogP contribution in [0.15, 0.2) is 54.6 Å². The van der Waals surface area contributed by atoms with Gasteiger partial charge in [0.25, 0.3) is 11.8 Å². The van der Waals surface area contributed by atoms with Crippen molar-refractivity contribution in [1.82, 2.24) is 20.4 Å². The van der Waals surface area contributed by atoms with E-state index >= 15 is 0 Å². The fourth-order valence-electron chi connectivity index (χ4n) is 6.27. The lowest BCUT2D eigenvalue weighted by molar-refractivity contribution is -0.145. The van der Waals surface area contributed by atoms with Gasteiger partial charge >= 0.3 is 0 Å². The largest absolute Gasteiger partial charge is 0.483 e. The van der Waals surface area contributed by atoms with Crippen molar-refractivity contribution in [1.29, 1.82) is 0 Å². The lowest BCUT2D eigenvalue weighted by atomic mass is 10.0. The average molecular weight is 589 g/mol. The second kappa shape index (κ2) is 13.2. The van der Waals surface area contributed by atoms with Gasteiger partial charge in [0.15, 0.2) is 6.61 Å². The van der Waals surface area contributed by atoms with Crippen LogP contribution in [-0.4, -0.2) is 70.7 Å². The summed E-state index contributed by atoms with van der Waals surface area (Å²) >= 11 is 0. The molecule has 3 aliphatic rings. The van der Waals surface area contributed by atoms with E-state index in [4.69, 9.17) is 4.74 Å². The van der Waals surface area contributed by atoms with E-state index in [9.17, 15) is 19.2 Å². The summed E-state index contributed by atoms with van der Waals surface area (Å²) in [4.78, 5) is 57.4. The Morgan fingerprint density at radius 1 is 0.930 bits per heavy atom. The van der Waals surface area contributed by atoms with Crippen molar-refractivity contribution in [2.75, 3.05) is 19.7 Å². The third-order valence-corrected chi connectivity index (χ3v) is 8.78. The molecule has 2 aromatic rings. The Balaban J connectivity index is 1.27. The number of carbonyl (C=O) groups excluding carboxylic acids is 4. The molecule has 0 unspecified atom stereocenters. The highest BCUT2D eigenvalue weighted by Gasteiger charge is 2.42. The SMILES string of the molecule is CC(C)C[C@@H](NC(=O)c1ccccc1OCC(=O)NC1(C)CC1)C(=O)N1CCC[C@@H]1C(=O)N1CCC[C@@H]1c1ccccc1. The maximum absolute atomic E-state index is 14.0. The third-order valence-electron chi connectivity index (χ3n) is 8.78. The summed E-state index contributed by atoms with van der Waals surface area (Å²) in [6, 6.07) is 15.5. The average Bonchev–Trinajstić information content (AvgIpc) is 3.36. The smallest absolute Gasteiger partial charge is 0.258 e. The van der Waals surface area contributed by atoms with Gasteiger partial charge in [0.05, 0.1) is 11.6 Å². The van der Waals surface area contributed by atoms with Crippen molar-refractivity contribution in [2.24, 2.45) is 5.92 Å². The van der Waals surface area contributed by atoms with Gasteiger partial charge in [0.1, 0.15) is 17.8 Å². The number of likely N-dealkylation sites (tertiary alicyclic amines) is 2. The first-order valence-corrected chi connectivity index (χ1v) is 15.6. The number of para-hydroxylation sites is 1. The molecule has 9 nitrogen and oxygen atoms in total. The molecular weight excluding hydrogens is 544 g/mol. The van der Waals surface area contributed by atoms with Gasteiger partial charge in [-0.25, -0.2) is 0 Å². The van der Waals surface area contributed by atoms with E-state index in [2.05, 4.69) is 22.8 Å². The van der Waals surface area contributed by atoms with Crippen LogP contribution in [0.25, 0.3) is 0 Å². The highest BCUT2D eigenvalue weighted by Crippen LogP contribution is 2.35. The maximum Gasteiger partial charge on any atom is 0.258 e. The lowest BCUT2D eigenvalue weighted by Crippen LogP contribution is -2.54. The zero-order valence-electron chi connectivity index (χ0n) is 25.5. The molecular formula is C34H44N4O5. The van der Waals surface area contributed by atoms with Gasteiger partial charge < -0.3 is 25.2 Å². The van der Waals surface area contributed by atoms with Gasteiger partial charge in [-0.15, -0.1) is 0 Å². The van der Waals surface area contributed by atoms with Gasteiger partial charge in [0.2, 0.25) is 11.8 Å². The molecule has 2 aromatic carbocycles. The molecule has 0 radical (unpaired) electrons. The fraction of sp³-hybridized carbons (Fsp3) is 0.529. The maximum atomic E-state index is 14.0. The van der Waals surface area contributed by atoms with Crippen LogP contribution in [0.2, 0.25) is 0 Å². The number of amides is 4. The summed E-state index contributed by atoms with van der Waals surface area (Å²) in [5.74, 6) is -0.518. The Labute approximate surface area is 254 Å². The zero-order chi connectivity index (χ0) is 30.6. The summed E-state index contributed by atoms with van der Waals surface area (Å²) in [5.41, 5.74) is 1.22. The van der Waals surface area contributed by atoms with E-state index < -0.39 is 18.0 Å². The number of benzene rings is 2. The molecule has 43 heavy (non-hydrogen) atoms. The zero-order valence-corrected chi connectivity index (χ0v) is 25.5. The van der Waals surface area contributed by atoms with Crippen molar-refractivity contribution in [3.63, 3.8) is 0 Å². The summed E-state index contributed by atoms with van der Waals surface area (Å²) < 4.78 is 5.75. The second-order valence-electron chi connectivity index (χ2n) is 12.8. The van der Waals surface area contributed by atoms with Gasteiger partial charge in [-0.1, -0.05) is 56.3 Å². The lowest BCUT2D eigenvalue weighted by Gasteiger charge is -2.34. The molecule has 2 N–H and O–H groups in total. The number of nitrogens with zero attached hydrogens (tertiary/aromatic N) is 2. The highest BCUT2D eigenvalue weighted by atomic mass is 16.5. The number of ether oxygens (including phenoxy) is 1. The molecule has 3 atom stereocenters. The molecule has 2 aliphatic heterocycles. The van der Waals surface area contributed by atoms with E-state index in [0.717, 1.165) is 37.7 Å². The Bertz CT molecular complexity index is 1330. The van der Waals surface area contributed by atoms with Gasteiger partial charge in [-0.2, -0.15) is 0 Å². The standard InChI is InChI=1S/C34H44N4O5/c1-23(2)21-26(35-31(40)25-13-7-8-16-29(25)43-22-30(39)36-34(3)17-18-34)32(41)38-20-10-15-28(38)33(42)37-19-9-14-27(37)24-11-5-4-6-12-24/h4-8,11-13,16,23,26-28H,9-10,14-15,17-22H2,1-3H3,(H,35,40)(H,36,39)/t26-,27-,28-/m1/s1. The van der Waals surface area contributed by atoms with Crippen LogP contribution in [-0.2, 0) is 14.4 Å². The van der Waals surface area contributed by atoms with E-state index in [0.29, 0.717) is 25.9 Å². The first-order chi connectivity index (χ1) is 20.6. The Kier molecular flexibility index (Phi) is 9.37. The minimum Gasteiger partial charge on any atom is -0.483 e. The molecule has 230 valence electrons.